The van der Waals surface area contributed by atoms with E-state index in [1.165, 1.54) is 12.1 Å². The van der Waals surface area contributed by atoms with Crippen molar-refractivity contribution in [1.29, 1.82) is 0 Å². The SMILES string of the molecule is CC(C)CC(=O)N1Cc2ccccc2CC1C(=O)NCCOc1ccc(C(F)(F)F)cc1. The Kier molecular flexibility index (Phi) is 7.43. The highest BCUT2D eigenvalue weighted by molar-refractivity contribution is 5.88. The maximum absolute atomic E-state index is 12.9. The number of nitrogens with one attached hydrogen (secondary N) is 1. The number of ether oxygens (including phenoxy) is 1. The lowest BCUT2D eigenvalue weighted by molar-refractivity contribution is -0.142. The van der Waals surface area contributed by atoms with E-state index in [9.17, 15) is 22.8 Å². The zero-order chi connectivity index (χ0) is 23.3. The maximum atomic E-state index is 12.9. The van der Waals surface area contributed by atoms with Gasteiger partial charge in [0.15, 0.2) is 0 Å². The van der Waals surface area contributed by atoms with Crippen molar-refractivity contribution in [2.45, 2.75) is 45.5 Å². The summed E-state index contributed by atoms with van der Waals surface area (Å²) in [5.41, 5.74) is 1.34. The molecule has 1 aliphatic heterocycles. The molecular formula is C24H27F3N2O3. The van der Waals surface area contributed by atoms with E-state index in [-0.39, 0.29) is 36.6 Å². The van der Waals surface area contributed by atoms with Crippen LogP contribution in [0.3, 0.4) is 0 Å². The van der Waals surface area contributed by atoms with E-state index in [2.05, 4.69) is 5.32 Å². The predicted octanol–water partition coefficient (Wildman–Crippen LogP) is 4.20. The number of fused-ring (bicyclic) bond motifs is 1. The minimum absolute atomic E-state index is 0.0596. The fraction of sp³-hybridized carbons (Fsp3) is 0.417. The third kappa shape index (κ3) is 6.02. The van der Waals surface area contributed by atoms with E-state index in [0.717, 1.165) is 23.3 Å². The van der Waals surface area contributed by atoms with Crippen LogP contribution in [0.4, 0.5) is 13.2 Å². The largest absolute Gasteiger partial charge is 0.492 e. The van der Waals surface area contributed by atoms with Gasteiger partial charge in [0.05, 0.1) is 12.1 Å². The van der Waals surface area contributed by atoms with Crippen LogP contribution in [-0.2, 0) is 28.7 Å². The summed E-state index contributed by atoms with van der Waals surface area (Å²) in [4.78, 5) is 27.3. The molecule has 32 heavy (non-hydrogen) atoms. The summed E-state index contributed by atoms with van der Waals surface area (Å²) in [5.74, 6) is 0.136. The maximum Gasteiger partial charge on any atom is 0.416 e. The zero-order valence-corrected chi connectivity index (χ0v) is 18.1. The number of carbonyl (C=O) groups is 2. The summed E-state index contributed by atoms with van der Waals surface area (Å²) in [5, 5.41) is 2.79. The fourth-order valence-corrected chi connectivity index (χ4v) is 3.69. The number of carbonyl (C=O) groups excluding carboxylic acids is 2. The topological polar surface area (TPSA) is 58.6 Å². The van der Waals surface area contributed by atoms with E-state index in [4.69, 9.17) is 4.74 Å². The molecule has 0 spiro atoms. The number of alkyl halides is 3. The molecule has 1 heterocycles. The smallest absolute Gasteiger partial charge is 0.416 e. The number of halogens is 3. The van der Waals surface area contributed by atoms with Gasteiger partial charge in [0, 0.05) is 19.4 Å². The third-order valence-electron chi connectivity index (χ3n) is 5.31. The van der Waals surface area contributed by atoms with Crippen molar-refractivity contribution >= 4 is 11.8 Å². The zero-order valence-electron chi connectivity index (χ0n) is 18.1. The summed E-state index contributed by atoms with van der Waals surface area (Å²) in [6.45, 7) is 4.58. The van der Waals surface area contributed by atoms with Crippen LogP contribution in [0, 0.1) is 5.92 Å². The second kappa shape index (κ2) is 10.1. The van der Waals surface area contributed by atoms with E-state index in [0.29, 0.717) is 19.4 Å². The molecule has 1 atom stereocenters. The van der Waals surface area contributed by atoms with Gasteiger partial charge in [-0.2, -0.15) is 13.2 Å². The number of hydrogen-bond acceptors (Lipinski definition) is 3. The summed E-state index contributed by atoms with van der Waals surface area (Å²) in [6, 6.07) is 11.5. The first kappa shape index (κ1) is 23.6. The molecular weight excluding hydrogens is 421 g/mol. The average Bonchev–Trinajstić information content (AvgIpc) is 2.75. The quantitative estimate of drug-likeness (QED) is 0.646. The number of rotatable bonds is 7. The Morgan fingerprint density at radius 2 is 1.75 bits per heavy atom. The fourth-order valence-electron chi connectivity index (χ4n) is 3.69. The van der Waals surface area contributed by atoms with E-state index < -0.39 is 17.8 Å². The van der Waals surface area contributed by atoms with Crippen LogP contribution in [-0.4, -0.2) is 35.9 Å². The number of amides is 2. The van der Waals surface area contributed by atoms with Crippen LogP contribution in [0.2, 0.25) is 0 Å². The van der Waals surface area contributed by atoms with Crippen molar-refractivity contribution in [3.63, 3.8) is 0 Å². The first-order chi connectivity index (χ1) is 15.1. The molecule has 0 saturated carbocycles. The van der Waals surface area contributed by atoms with Crippen molar-refractivity contribution in [2.24, 2.45) is 5.92 Å². The third-order valence-corrected chi connectivity index (χ3v) is 5.31. The van der Waals surface area contributed by atoms with Gasteiger partial charge in [-0.15, -0.1) is 0 Å². The van der Waals surface area contributed by atoms with Gasteiger partial charge in [0.2, 0.25) is 11.8 Å². The van der Waals surface area contributed by atoms with Crippen molar-refractivity contribution in [3.8, 4) is 5.75 Å². The second-order valence-electron chi connectivity index (χ2n) is 8.27. The number of nitrogens with zero attached hydrogens (tertiary/aromatic N) is 1. The first-order valence-corrected chi connectivity index (χ1v) is 10.6. The van der Waals surface area contributed by atoms with Gasteiger partial charge >= 0.3 is 6.18 Å². The van der Waals surface area contributed by atoms with Gasteiger partial charge in [-0.3, -0.25) is 9.59 Å². The van der Waals surface area contributed by atoms with Gasteiger partial charge in [-0.25, -0.2) is 0 Å². The Bertz CT molecular complexity index is 942. The predicted molar refractivity (Wildman–Crippen MR) is 114 cm³/mol. The van der Waals surface area contributed by atoms with Crippen LogP contribution >= 0.6 is 0 Å². The molecule has 2 amide bonds. The van der Waals surface area contributed by atoms with Gasteiger partial charge in [0.1, 0.15) is 18.4 Å². The highest BCUT2D eigenvalue weighted by Gasteiger charge is 2.34. The Morgan fingerprint density at radius 3 is 2.38 bits per heavy atom. The van der Waals surface area contributed by atoms with Crippen molar-refractivity contribution in [1.82, 2.24) is 10.2 Å². The van der Waals surface area contributed by atoms with Gasteiger partial charge in [-0.1, -0.05) is 38.1 Å². The van der Waals surface area contributed by atoms with Crippen molar-refractivity contribution in [3.05, 3.63) is 65.2 Å². The molecule has 0 aromatic heterocycles. The van der Waals surface area contributed by atoms with Crippen LogP contribution in [0.1, 0.15) is 37.0 Å². The monoisotopic (exact) mass is 448 g/mol. The van der Waals surface area contributed by atoms with E-state index in [1.807, 2.05) is 38.1 Å². The Labute approximate surface area is 185 Å². The number of hydrogen-bond donors (Lipinski definition) is 1. The molecule has 1 unspecified atom stereocenters. The average molecular weight is 448 g/mol. The molecule has 1 N–H and O–H groups in total. The van der Waals surface area contributed by atoms with Crippen LogP contribution in [0.5, 0.6) is 5.75 Å². The lowest BCUT2D eigenvalue weighted by Gasteiger charge is -2.36. The first-order valence-electron chi connectivity index (χ1n) is 10.6. The normalized spacial score (nSPS) is 15.9. The highest BCUT2D eigenvalue weighted by atomic mass is 19.4. The van der Waals surface area contributed by atoms with Gasteiger partial charge in [-0.05, 0) is 41.3 Å². The van der Waals surface area contributed by atoms with E-state index in [1.54, 1.807) is 4.90 Å². The Hall–Kier alpha value is -3.03. The summed E-state index contributed by atoms with van der Waals surface area (Å²) >= 11 is 0. The second-order valence-corrected chi connectivity index (χ2v) is 8.27. The molecule has 2 aromatic rings. The molecule has 0 bridgehead atoms. The highest BCUT2D eigenvalue weighted by Crippen LogP contribution is 2.30. The molecule has 0 saturated heterocycles. The van der Waals surface area contributed by atoms with Gasteiger partial charge < -0.3 is 15.0 Å². The van der Waals surface area contributed by atoms with Crippen molar-refractivity contribution in [2.75, 3.05) is 13.2 Å². The summed E-state index contributed by atoms with van der Waals surface area (Å²) in [6.07, 6.45) is -3.60. The molecule has 1 aliphatic rings. The van der Waals surface area contributed by atoms with Crippen LogP contribution in [0.25, 0.3) is 0 Å². The molecule has 3 rings (SSSR count). The lowest BCUT2D eigenvalue weighted by atomic mass is 9.92. The lowest BCUT2D eigenvalue weighted by Crippen LogP contribution is -2.53. The molecule has 0 fully saturated rings. The number of benzene rings is 2. The van der Waals surface area contributed by atoms with Crippen molar-refractivity contribution < 1.29 is 27.5 Å². The van der Waals surface area contributed by atoms with Crippen LogP contribution in [0.15, 0.2) is 48.5 Å². The molecule has 2 aromatic carbocycles. The summed E-state index contributed by atoms with van der Waals surface area (Å²) < 4.78 is 43.3. The molecule has 0 aliphatic carbocycles. The van der Waals surface area contributed by atoms with Crippen LogP contribution < -0.4 is 10.1 Å². The standard InChI is InChI=1S/C24H27F3N2O3/c1-16(2)13-22(30)29-15-18-6-4-3-5-17(18)14-21(29)23(31)28-11-12-32-20-9-7-19(8-10-20)24(25,26)27/h3-10,16,21H,11-15H2,1-2H3,(H,28,31). The Balaban J connectivity index is 1.57. The van der Waals surface area contributed by atoms with Gasteiger partial charge in [0.25, 0.3) is 0 Å². The Morgan fingerprint density at radius 1 is 1.09 bits per heavy atom. The minimum atomic E-state index is -4.40. The molecule has 0 radical (unpaired) electrons. The minimum Gasteiger partial charge on any atom is -0.492 e. The molecule has 172 valence electrons. The van der Waals surface area contributed by atoms with E-state index >= 15 is 0 Å². The summed E-state index contributed by atoms with van der Waals surface area (Å²) in [7, 11) is 0. The molecule has 8 heteroatoms. The molecule has 5 nitrogen and oxygen atoms in total.